The smallest absolute Gasteiger partial charge is 0.416 e. The molecule has 1 heterocycles. The van der Waals surface area contributed by atoms with Crippen LogP contribution in [0.1, 0.15) is 46.7 Å². The van der Waals surface area contributed by atoms with Crippen LogP contribution in [0.25, 0.3) is 0 Å². The highest BCUT2D eigenvalue weighted by Gasteiger charge is 2.50. The molecule has 2 aliphatic rings. The maximum absolute atomic E-state index is 13.3. The van der Waals surface area contributed by atoms with Crippen molar-refractivity contribution in [2.45, 2.75) is 31.4 Å². The van der Waals surface area contributed by atoms with E-state index in [1.54, 1.807) is 6.07 Å². The van der Waals surface area contributed by atoms with Crippen LogP contribution >= 0.6 is 0 Å². The minimum Gasteiger partial charge on any atom is -0.452 e. The Bertz CT molecular complexity index is 1460. The summed E-state index contributed by atoms with van der Waals surface area (Å²) in [5.74, 6) is -2.99. The van der Waals surface area contributed by atoms with E-state index in [0.717, 1.165) is 35.1 Å². The van der Waals surface area contributed by atoms with Gasteiger partial charge < -0.3 is 10.1 Å². The minimum atomic E-state index is -4.57. The number of hydrogen-bond acceptors (Lipinski definition) is 5. The number of nitrogens with one attached hydrogen (secondary N) is 1. The second-order valence-electron chi connectivity index (χ2n) is 9.90. The average Bonchev–Trinajstić information content (AvgIpc) is 3.20. The molecule has 2 fully saturated rings. The molecular weight excluding hydrogens is 525 g/mol. The molecule has 3 atom stereocenters. The predicted octanol–water partition coefficient (Wildman–Crippen LogP) is 5.57. The molecule has 7 nitrogen and oxygen atoms in total. The molecular formula is C30H25F3N2O5. The Morgan fingerprint density at radius 1 is 0.875 bits per heavy atom. The van der Waals surface area contributed by atoms with Crippen LogP contribution in [0, 0.1) is 11.8 Å². The summed E-state index contributed by atoms with van der Waals surface area (Å²) in [6.07, 6.45) is -2.61. The molecule has 40 heavy (non-hydrogen) atoms. The number of imide groups is 1. The highest BCUT2D eigenvalue weighted by Crippen LogP contribution is 2.45. The lowest BCUT2D eigenvalue weighted by molar-refractivity contribution is -0.137. The van der Waals surface area contributed by atoms with Crippen LogP contribution in [0.2, 0.25) is 0 Å². The SMILES string of the molecule is O=C(COC(=O)c1cccc(N2C(=O)[C@@H]3CC[C@H](c4ccccc4)C[C@H]3C2=O)c1)Nc1cccc(C(F)(F)F)c1. The summed E-state index contributed by atoms with van der Waals surface area (Å²) >= 11 is 0. The first kappa shape index (κ1) is 27.1. The number of nitrogens with zero attached hydrogens (tertiary/aromatic N) is 1. The number of anilines is 2. The van der Waals surface area contributed by atoms with Crippen LogP contribution in [0.15, 0.2) is 78.9 Å². The lowest BCUT2D eigenvalue weighted by atomic mass is 9.73. The summed E-state index contributed by atoms with van der Waals surface area (Å²) in [4.78, 5) is 52.5. The zero-order valence-corrected chi connectivity index (χ0v) is 21.2. The van der Waals surface area contributed by atoms with Gasteiger partial charge in [0, 0.05) is 5.69 Å². The van der Waals surface area contributed by atoms with Crippen molar-refractivity contribution in [3.63, 3.8) is 0 Å². The molecule has 1 aliphatic heterocycles. The topological polar surface area (TPSA) is 92.8 Å². The highest BCUT2D eigenvalue weighted by molar-refractivity contribution is 6.22. The van der Waals surface area contributed by atoms with E-state index in [9.17, 15) is 32.3 Å². The summed E-state index contributed by atoms with van der Waals surface area (Å²) in [5.41, 5.74) is 0.368. The maximum Gasteiger partial charge on any atom is 0.416 e. The van der Waals surface area contributed by atoms with E-state index in [4.69, 9.17) is 4.74 Å². The van der Waals surface area contributed by atoms with E-state index >= 15 is 0 Å². The van der Waals surface area contributed by atoms with Crippen LogP contribution in [-0.4, -0.2) is 30.3 Å². The highest BCUT2D eigenvalue weighted by atomic mass is 19.4. The number of benzene rings is 3. The van der Waals surface area contributed by atoms with Crippen LogP contribution < -0.4 is 10.2 Å². The number of hydrogen-bond donors (Lipinski definition) is 1. The fourth-order valence-corrected chi connectivity index (χ4v) is 5.42. The number of halogens is 3. The number of rotatable bonds is 6. The number of carbonyl (C=O) groups is 4. The van der Waals surface area contributed by atoms with E-state index in [0.29, 0.717) is 12.8 Å². The number of carbonyl (C=O) groups excluding carboxylic acids is 4. The summed E-state index contributed by atoms with van der Waals surface area (Å²) in [6, 6.07) is 19.8. The van der Waals surface area contributed by atoms with Gasteiger partial charge in [0.05, 0.1) is 28.7 Å². The zero-order valence-electron chi connectivity index (χ0n) is 21.2. The Kier molecular flexibility index (Phi) is 7.42. The molecule has 206 valence electrons. The number of amides is 3. The monoisotopic (exact) mass is 550 g/mol. The summed E-state index contributed by atoms with van der Waals surface area (Å²) in [5, 5.41) is 2.26. The number of alkyl halides is 3. The third-order valence-corrected chi connectivity index (χ3v) is 7.34. The van der Waals surface area contributed by atoms with Crippen LogP contribution in [0.3, 0.4) is 0 Å². The number of ether oxygens (including phenoxy) is 1. The Balaban J connectivity index is 1.22. The third kappa shape index (κ3) is 5.61. The molecule has 1 N–H and O–H groups in total. The molecule has 0 spiro atoms. The number of esters is 1. The van der Waals surface area contributed by atoms with Crippen molar-refractivity contribution in [2.24, 2.45) is 11.8 Å². The van der Waals surface area contributed by atoms with Crippen molar-refractivity contribution < 1.29 is 37.1 Å². The van der Waals surface area contributed by atoms with Gasteiger partial charge in [-0.25, -0.2) is 4.79 Å². The van der Waals surface area contributed by atoms with E-state index in [1.807, 2.05) is 30.3 Å². The van der Waals surface area contributed by atoms with Crippen LogP contribution in [-0.2, 0) is 25.3 Å². The maximum atomic E-state index is 13.3. The third-order valence-electron chi connectivity index (χ3n) is 7.34. The Morgan fingerprint density at radius 3 is 2.35 bits per heavy atom. The van der Waals surface area contributed by atoms with Gasteiger partial charge in [0.1, 0.15) is 0 Å². The fraction of sp³-hybridized carbons (Fsp3) is 0.267. The van der Waals surface area contributed by atoms with Crippen molar-refractivity contribution in [1.29, 1.82) is 0 Å². The zero-order chi connectivity index (χ0) is 28.4. The van der Waals surface area contributed by atoms with Gasteiger partial charge in [0.2, 0.25) is 11.8 Å². The van der Waals surface area contributed by atoms with Gasteiger partial charge in [-0.15, -0.1) is 0 Å². The molecule has 0 radical (unpaired) electrons. The quantitative estimate of drug-likeness (QED) is 0.320. The van der Waals surface area contributed by atoms with Gasteiger partial charge in [-0.3, -0.25) is 19.3 Å². The average molecular weight is 551 g/mol. The molecule has 3 amide bonds. The molecule has 1 saturated carbocycles. The van der Waals surface area contributed by atoms with E-state index in [1.165, 1.54) is 24.3 Å². The van der Waals surface area contributed by atoms with Gasteiger partial charge in [0.25, 0.3) is 5.91 Å². The largest absolute Gasteiger partial charge is 0.452 e. The second kappa shape index (κ2) is 11.0. The predicted molar refractivity (Wildman–Crippen MR) is 139 cm³/mol. The normalized spacial score (nSPS) is 20.7. The van der Waals surface area contributed by atoms with Crippen molar-refractivity contribution in [3.8, 4) is 0 Å². The molecule has 1 saturated heterocycles. The van der Waals surface area contributed by atoms with Gasteiger partial charge in [-0.2, -0.15) is 13.2 Å². The molecule has 1 aliphatic carbocycles. The Morgan fingerprint density at radius 2 is 1.60 bits per heavy atom. The summed E-state index contributed by atoms with van der Waals surface area (Å²) in [6.45, 7) is -0.744. The standard InChI is InChI=1S/C30H25F3N2O5/c31-30(32,33)21-9-5-10-22(16-21)34-26(36)17-40-29(39)20-8-4-11-23(14-20)35-27(37)24-13-12-19(15-25(24)28(35)38)18-6-2-1-3-7-18/h1-11,14,16,19,24-25H,12-13,15,17H2,(H,34,36)/t19-,24+,25+/m0/s1. The first-order chi connectivity index (χ1) is 19.1. The van der Waals surface area contributed by atoms with Gasteiger partial charge in [-0.05, 0) is 67.1 Å². The second-order valence-corrected chi connectivity index (χ2v) is 9.90. The summed E-state index contributed by atoms with van der Waals surface area (Å²) in [7, 11) is 0. The molecule has 3 aromatic carbocycles. The van der Waals surface area contributed by atoms with Crippen molar-refractivity contribution in [2.75, 3.05) is 16.8 Å². The Hall–Kier alpha value is -4.47. The van der Waals surface area contributed by atoms with E-state index < -0.39 is 42.1 Å². The molecule has 0 bridgehead atoms. The minimum absolute atomic E-state index is 0.0157. The molecule has 5 rings (SSSR count). The lowest BCUT2D eigenvalue weighted by Crippen LogP contribution is -2.31. The first-order valence-corrected chi connectivity index (χ1v) is 12.8. The van der Waals surface area contributed by atoms with Gasteiger partial charge in [0.15, 0.2) is 6.61 Å². The number of fused-ring (bicyclic) bond motifs is 1. The molecule has 10 heteroatoms. The van der Waals surface area contributed by atoms with Crippen molar-refractivity contribution in [1.82, 2.24) is 0 Å². The molecule has 0 unspecified atom stereocenters. The van der Waals surface area contributed by atoms with Crippen molar-refractivity contribution in [3.05, 3.63) is 95.6 Å². The summed E-state index contributed by atoms with van der Waals surface area (Å²) < 4.78 is 43.7. The fourth-order valence-electron chi connectivity index (χ4n) is 5.42. The van der Waals surface area contributed by atoms with E-state index in [2.05, 4.69) is 5.32 Å². The molecule has 0 aromatic heterocycles. The van der Waals surface area contributed by atoms with Gasteiger partial charge >= 0.3 is 12.1 Å². The van der Waals surface area contributed by atoms with Crippen molar-refractivity contribution >= 4 is 35.1 Å². The van der Waals surface area contributed by atoms with Gasteiger partial charge in [-0.1, -0.05) is 42.5 Å². The Labute approximate surface area is 227 Å². The van der Waals surface area contributed by atoms with E-state index in [-0.39, 0.29) is 34.7 Å². The van der Waals surface area contributed by atoms with Crippen LogP contribution in [0.4, 0.5) is 24.5 Å². The molecule has 3 aromatic rings. The van der Waals surface area contributed by atoms with Crippen LogP contribution in [0.5, 0.6) is 0 Å². The lowest BCUT2D eigenvalue weighted by Gasteiger charge is -2.28. The first-order valence-electron chi connectivity index (χ1n) is 12.8.